The summed E-state index contributed by atoms with van der Waals surface area (Å²) < 4.78 is 0.913. The van der Waals surface area contributed by atoms with Crippen LogP contribution in [-0.2, 0) is 0 Å². The Hall–Kier alpha value is -4.19. The second-order valence-electron chi connectivity index (χ2n) is 5.73. The Morgan fingerprint density at radius 3 is 2.21 bits per heavy atom. The predicted molar refractivity (Wildman–Crippen MR) is 108 cm³/mol. The lowest BCUT2D eigenvalue weighted by Crippen LogP contribution is -2.29. The molecule has 0 saturated carbocycles. The van der Waals surface area contributed by atoms with E-state index in [0.717, 1.165) is 4.68 Å². The molecular formula is C17H13N7O4S. The highest BCUT2D eigenvalue weighted by Crippen LogP contribution is 2.28. The Morgan fingerprint density at radius 2 is 1.69 bits per heavy atom. The number of aromatic amines is 1. The molecule has 3 rings (SSSR count). The van der Waals surface area contributed by atoms with Crippen LogP contribution in [0.3, 0.4) is 0 Å². The molecule has 5 N–H and O–H groups in total. The van der Waals surface area contributed by atoms with E-state index in [1.165, 1.54) is 48.5 Å². The average Bonchev–Trinajstić information content (AvgIpc) is 3.03. The molecule has 146 valence electrons. The first-order valence-electron chi connectivity index (χ1n) is 7.99. The molecule has 0 aliphatic carbocycles. The summed E-state index contributed by atoms with van der Waals surface area (Å²) in [5.74, 6) is -0.584. The molecule has 1 aromatic heterocycles. The number of benzene rings is 2. The third kappa shape index (κ3) is 4.06. The fraction of sp³-hybridized carbons (Fsp3) is 0. The molecule has 11 nitrogen and oxygen atoms in total. The molecule has 0 bridgehead atoms. The fourth-order valence-corrected chi connectivity index (χ4v) is 2.56. The van der Waals surface area contributed by atoms with Crippen molar-refractivity contribution in [2.45, 2.75) is 0 Å². The number of aromatic nitrogens is 2. The van der Waals surface area contributed by atoms with Crippen LogP contribution in [0.25, 0.3) is 11.3 Å². The lowest BCUT2D eigenvalue weighted by molar-refractivity contribution is -0.384. The van der Waals surface area contributed by atoms with Gasteiger partial charge in [-0.1, -0.05) is 0 Å². The van der Waals surface area contributed by atoms with Gasteiger partial charge in [0, 0.05) is 23.3 Å². The van der Waals surface area contributed by atoms with Crippen LogP contribution in [0.4, 0.5) is 17.1 Å². The van der Waals surface area contributed by atoms with Crippen LogP contribution in [0.2, 0.25) is 0 Å². The quantitative estimate of drug-likeness (QED) is 0.251. The summed E-state index contributed by atoms with van der Waals surface area (Å²) in [7, 11) is 0. The number of amides is 1. The Labute approximate surface area is 167 Å². The number of azo groups is 1. The molecule has 12 heteroatoms. The van der Waals surface area contributed by atoms with Crippen LogP contribution in [0.5, 0.6) is 0 Å². The minimum absolute atomic E-state index is 0.0920. The van der Waals surface area contributed by atoms with E-state index in [0.29, 0.717) is 16.8 Å². The zero-order valence-electron chi connectivity index (χ0n) is 14.6. The van der Waals surface area contributed by atoms with Crippen LogP contribution in [0.15, 0.2) is 63.6 Å². The molecule has 0 aliphatic rings. The van der Waals surface area contributed by atoms with Gasteiger partial charge in [-0.25, -0.2) is 0 Å². The van der Waals surface area contributed by atoms with Crippen molar-refractivity contribution in [2.24, 2.45) is 21.7 Å². The van der Waals surface area contributed by atoms with Gasteiger partial charge >= 0.3 is 5.56 Å². The lowest BCUT2D eigenvalue weighted by atomic mass is 10.1. The Balaban J connectivity index is 2.05. The van der Waals surface area contributed by atoms with E-state index in [2.05, 4.69) is 15.3 Å². The topological polar surface area (TPSA) is 175 Å². The van der Waals surface area contributed by atoms with Gasteiger partial charge in [0.05, 0.1) is 16.3 Å². The van der Waals surface area contributed by atoms with Gasteiger partial charge in [-0.2, -0.15) is 9.80 Å². The van der Waals surface area contributed by atoms with Crippen molar-refractivity contribution in [1.82, 2.24) is 9.78 Å². The van der Waals surface area contributed by atoms with E-state index in [4.69, 9.17) is 23.7 Å². The molecule has 0 spiro atoms. The first kappa shape index (κ1) is 19.6. The largest absolute Gasteiger partial charge is 0.374 e. The number of nitro benzene ring substituents is 1. The van der Waals surface area contributed by atoms with Crippen molar-refractivity contribution in [3.8, 4) is 11.3 Å². The number of rotatable bonds is 5. The van der Waals surface area contributed by atoms with Crippen LogP contribution >= 0.6 is 12.2 Å². The highest BCUT2D eigenvalue weighted by Gasteiger charge is 2.18. The maximum atomic E-state index is 12.6. The third-order valence-corrected chi connectivity index (χ3v) is 4.05. The van der Waals surface area contributed by atoms with Crippen LogP contribution in [0, 0.1) is 10.1 Å². The summed E-state index contributed by atoms with van der Waals surface area (Å²) in [6.45, 7) is 0. The van der Waals surface area contributed by atoms with Gasteiger partial charge in [0.1, 0.15) is 0 Å². The number of carbonyl (C=O) groups excluding carboxylic acids is 1. The molecule has 0 fully saturated rings. The third-order valence-electron chi connectivity index (χ3n) is 3.87. The van der Waals surface area contributed by atoms with E-state index in [9.17, 15) is 19.7 Å². The fourth-order valence-electron chi connectivity index (χ4n) is 2.43. The van der Waals surface area contributed by atoms with E-state index in [1.54, 1.807) is 0 Å². The molecule has 1 heterocycles. The maximum absolute atomic E-state index is 12.6. The zero-order chi connectivity index (χ0) is 21.1. The number of nitro groups is 1. The van der Waals surface area contributed by atoms with Crippen molar-refractivity contribution >= 4 is 40.3 Å². The summed E-state index contributed by atoms with van der Waals surface area (Å²) in [5, 5.41) is 21.3. The summed E-state index contributed by atoms with van der Waals surface area (Å²) in [6.07, 6.45) is 0. The summed E-state index contributed by atoms with van der Waals surface area (Å²) in [6, 6.07) is 11.4. The Morgan fingerprint density at radius 1 is 1.07 bits per heavy atom. The van der Waals surface area contributed by atoms with Gasteiger partial charge in [0.2, 0.25) is 5.91 Å². The van der Waals surface area contributed by atoms with Gasteiger partial charge in [-0.3, -0.25) is 24.8 Å². The second kappa shape index (κ2) is 7.82. The molecular weight excluding hydrogens is 398 g/mol. The summed E-state index contributed by atoms with van der Waals surface area (Å²) in [5.41, 5.74) is 11.2. The number of hydrogen-bond donors (Lipinski definition) is 3. The molecule has 0 saturated heterocycles. The molecule has 0 unspecified atom stereocenters. The van der Waals surface area contributed by atoms with Crippen molar-refractivity contribution in [1.29, 1.82) is 0 Å². The Bertz CT molecular complexity index is 1190. The minimum atomic E-state index is -0.636. The van der Waals surface area contributed by atoms with Crippen molar-refractivity contribution in [3.63, 3.8) is 0 Å². The highest BCUT2D eigenvalue weighted by atomic mass is 32.1. The molecule has 2 aromatic carbocycles. The van der Waals surface area contributed by atoms with Crippen molar-refractivity contribution in [2.75, 3.05) is 0 Å². The van der Waals surface area contributed by atoms with Crippen LogP contribution in [0.1, 0.15) is 10.4 Å². The average molecular weight is 411 g/mol. The van der Waals surface area contributed by atoms with E-state index < -0.39 is 16.4 Å². The molecule has 0 atom stereocenters. The molecule has 29 heavy (non-hydrogen) atoms. The first-order chi connectivity index (χ1) is 13.8. The van der Waals surface area contributed by atoms with Crippen LogP contribution in [-0.4, -0.2) is 25.7 Å². The number of nitrogens with two attached hydrogens (primary N) is 2. The highest BCUT2D eigenvalue weighted by molar-refractivity contribution is 7.80. The van der Waals surface area contributed by atoms with E-state index in [-0.39, 0.29) is 22.2 Å². The summed E-state index contributed by atoms with van der Waals surface area (Å²) >= 11 is 4.85. The second-order valence-corrected chi connectivity index (χ2v) is 6.15. The lowest BCUT2D eigenvalue weighted by Gasteiger charge is -2.00. The number of nitrogens with one attached hydrogen (secondary N) is 1. The number of primary amides is 1. The van der Waals surface area contributed by atoms with Crippen LogP contribution < -0.4 is 17.0 Å². The van der Waals surface area contributed by atoms with Gasteiger partial charge in [0.15, 0.2) is 10.8 Å². The minimum Gasteiger partial charge on any atom is -0.374 e. The zero-order valence-corrected chi connectivity index (χ0v) is 15.4. The first-order valence-corrected chi connectivity index (χ1v) is 8.40. The molecule has 3 aromatic rings. The van der Waals surface area contributed by atoms with Gasteiger partial charge in [0.25, 0.3) is 5.69 Å². The van der Waals surface area contributed by atoms with Gasteiger partial charge < -0.3 is 11.5 Å². The number of non-ortho nitro benzene ring substituents is 1. The number of thiocarbonyl (C=S) groups is 1. The van der Waals surface area contributed by atoms with Gasteiger partial charge in [-0.15, -0.1) is 5.11 Å². The SMILES string of the molecule is NC(=O)c1ccc(N=Nc2c(-c3ccc([N+](=O)[O-])cc3)[nH]n(C(N)=S)c2=O)cc1. The van der Waals surface area contributed by atoms with Gasteiger partial charge in [-0.05, 0) is 48.6 Å². The maximum Gasteiger partial charge on any atom is 0.301 e. The number of carbonyl (C=O) groups is 1. The van der Waals surface area contributed by atoms with Crippen molar-refractivity contribution in [3.05, 3.63) is 74.6 Å². The van der Waals surface area contributed by atoms with E-state index in [1.807, 2.05) is 0 Å². The number of nitrogens with zero attached hydrogens (tertiary/aromatic N) is 4. The summed E-state index contributed by atoms with van der Waals surface area (Å²) in [4.78, 5) is 34.0. The van der Waals surface area contributed by atoms with Crippen molar-refractivity contribution < 1.29 is 9.72 Å². The molecule has 0 aliphatic heterocycles. The standard InChI is InChI=1S/C17H13N7O4S/c18-15(25)10-1-5-11(6-2-10)20-21-14-13(22-23(16(14)26)17(19)29)9-3-7-12(8-4-9)24(27)28/h1-8,22H,(H2,18,25)(H2,19,29). The predicted octanol–water partition coefficient (Wildman–Crippen LogP) is 2.36. The van der Waals surface area contributed by atoms with E-state index >= 15 is 0 Å². The normalized spacial score (nSPS) is 10.9. The number of H-pyrrole nitrogens is 1. The smallest absolute Gasteiger partial charge is 0.301 e. The Kier molecular flexibility index (Phi) is 5.27. The molecule has 0 radical (unpaired) electrons. The number of hydrogen-bond acceptors (Lipinski definition) is 7. The molecule has 1 amide bonds. The monoisotopic (exact) mass is 411 g/mol.